The number of nitrogens with one attached hydrogen (secondary N) is 1. The van der Waals surface area contributed by atoms with Crippen molar-refractivity contribution in [2.75, 3.05) is 20.2 Å². The van der Waals surface area contributed by atoms with Crippen molar-refractivity contribution < 1.29 is 9.90 Å². The van der Waals surface area contributed by atoms with E-state index >= 15 is 0 Å². The van der Waals surface area contributed by atoms with Crippen molar-refractivity contribution in [2.24, 2.45) is 0 Å². The molecule has 1 atom stereocenters. The molecule has 1 aliphatic rings. The number of carbonyl (C=O) groups is 1. The molecule has 4 nitrogen and oxygen atoms in total. The lowest BCUT2D eigenvalue weighted by Crippen LogP contribution is -2.40. The molecule has 0 saturated heterocycles. The van der Waals surface area contributed by atoms with Crippen LogP contribution < -0.4 is 5.32 Å². The van der Waals surface area contributed by atoms with Gasteiger partial charge in [0.25, 0.3) is 0 Å². The molecule has 0 aromatic heterocycles. The predicted molar refractivity (Wildman–Crippen MR) is 75.1 cm³/mol. The average molecular weight is 262 g/mol. The summed E-state index contributed by atoms with van der Waals surface area (Å²) in [5.41, 5.74) is 2.60. The highest BCUT2D eigenvalue weighted by Gasteiger charge is 2.37. The Morgan fingerprint density at radius 3 is 2.84 bits per heavy atom. The third kappa shape index (κ3) is 2.73. The molecule has 0 heterocycles. The van der Waals surface area contributed by atoms with E-state index in [1.165, 1.54) is 16.0 Å². The van der Waals surface area contributed by atoms with Gasteiger partial charge in [-0.05, 0) is 23.0 Å². The second-order valence-electron chi connectivity index (χ2n) is 5.82. The fourth-order valence-electron chi connectivity index (χ4n) is 2.79. The number of fused-ring (bicyclic) bond motifs is 1. The van der Waals surface area contributed by atoms with Gasteiger partial charge in [-0.2, -0.15) is 0 Å². The Balaban J connectivity index is 2.14. The summed E-state index contributed by atoms with van der Waals surface area (Å²) in [6.07, 6.45) is 0.908. The molecule has 0 radical (unpaired) electrons. The lowest BCUT2D eigenvalue weighted by molar-refractivity contribution is 0.186. The molecule has 0 fully saturated rings. The summed E-state index contributed by atoms with van der Waals surface area (Å²) in [7, 11) is 1.69. The number of aliphatic hydroxyl groups excluding tert-OH is 1. The van der Waals surface area contributed by atoms with Crippen molar-refractivity contribution in [3.63, 3.8) is 0 Å². The SMILES string of the molecule is CN(CCO)C(=O)NC1CC(C)(C)c2ccccc21. The van der Waals surface area contributed by atoms with Crippen LogP contribution in [0.15, 0.2) is 24.3 Å². The normalized spacial score (nSPS) is 19.9. The highest BCUT2D eigenvalue weighted by Crippen LogP contribution is 2.44. The van der Waals surface area contributed by atoms with Crippen molar-refractivity contribution in [1.82, 2.24) is 10.2 Å². The number of nitrogens with zero attached hydrogens (tertiary/aromatic N) is 1. The van der Waals surface area contributed by atoms with Crippen LogP contribution in [0.5, 0.6) is 0 Å². The number of amides is 2. The molecule has 2 rings (SSSR count). The van der Waals surface area contributed by atoms with Crippen LogP contribution in [0.2, 0.25) is 0 Å². The zero-order valence-corrected chi connectivity index (χ0v) is 11.8. The summed E-state index contributed by atoms with van der Waals surface area (Å²) in [5, 5.41) is 11.9. The first-order chi connectivity index (χ1) is 8.95. The van der Waals surface area contributed by atoms with E-state index in [2.05, 4.69) is 31.3 Å². The standard InChI is InChI=1S/C15H22N2O2/c1-15(2)10-13(11-6-4-5-7-12(11)15)16-14(19)17(3)8-9-18/h4-7,13,18H,8-10H2,1-3H3,(H,16,19). The van der Waals surface area contributed by atoms with Crippen molar-refractivity contribution in [1.29, 1.82) is 0 Å². The number of urea groups is 1. The van der Waals surface area contributed by atoms with Crippen LogP contribution in [-0.4, -0.2) is 36.2 Å². The number of aliphatic hydroxyl groups is 1. The number of hydrogen-bond donors (Lipinski definition) is 2. The van der Waals surface area contributed by atoms with E-state index in [1.54, 1.807) is 7.05 Å². The Bertz CT molecular complexity index is 471. The molecule has 1 aromatic rings. The summed E-state index contributed by atoms with van der Waals surface area (Å²) in [4.78, 5) is 13.5. The van der Waals surface area contributed by atoms with Crippen LogP contribution in [0.4, 0.5) is 4.79 Å². The minimum atomic E-state index is -0.133. The maximum absolute atomic E-state index is 12.0. The Kier molecular flexibility index (Phi) is 3.80. The second kappa shape index (κ2) is 5.21. The fraction of sp³-hybridized carbons (Fsp3) is 0.533. The fourth-order valence-corrected chi connectivity index (χ4v) is 2.79. The summed E-state index contributed by atoms with van der Waals surface area (Å²) in [6, 6.07) is 8.20. The number of hydrogen-bond acceptors (Lipinski definition) is 2. The predicted octanol–water partition coefficient (Wildman–Crippen LogP) is 2.04. The van der Waals surface area contributed by atoms with Gasteiger partial charge in [-0.15, -0.1) is 0 Å². The summed E-state index contributed by atoms with van der Waals surface area (Å²) < 4.78 is 0. The quantitative estimate of drug-likeness (QED) is 0.876. The van der Waals surface area contributed by atoms with Crippen molar-refractivity contribution >= 4 is 6.03 Å². The Labute approximate surface area is 114 Å². The molecule has 2 amide bonds. The van der Waals surface area contributed by atoms with E-state index in [0.717, 1.165) is 6.42 Å². The topological polar surface area (TPSA) is 52.6 Å². The van der Waals surface area contributed by atoms with Gasteiger partial charge in [-0.1, -0.05) is 38.1 Å². The average Bonchev–Trinajstić information content (AvgIpc) is 2.62. The summed E-state index contributed by atoms with van der Waals surface area (Å²) >= 11 is 0. The molecule has 0 spiro atoms. The molecule has 0 bridgehead atoms. The van der Waals surface area contributed by atoms with Crippen LogP contribution in [-0.2, 0) is 5.41 Å². The molecule has 0 saturated carbocycles. The lowest BCUT2D eigenvalue weighted by Gasteiger charge is -2.22. The molecular formula is C15H22N2O2. The van der Waals surface area contributed by atoms with E-state index < -0.39 is 0 Å². The van der Waals surface area contributed by atoms with Gasteiger partial charge in [-0.3, -0.25) is 0 Å². The number of likely N-dealkylation sites (N-methyl/N-ethyl adjacent to an activating group) is 1. The van der Waals surface area contributed by atoms with Gasteiger partial charge >= 0.3 is 6.03 Å². The van der Waals surface area contributed by atoms with E-state index in [1.807, 2.05) is 12.1 Å². The van der Waals surface area contributed by atoms with E-state index in [0.29, 0.717) is 6.54 Å². The van der Waals surface area contributed by atoms with Gasteiger partial charge in [0.05, 0.1) is 12.6 Å². The lowest BCUT2D eigenvalue weighted by atomic mass is 9.86. The number of rotatable bonds is 3. The second-order valence-corrected chi connectivity index (χ2v) is 5.82. The Hall–Kier alpha value is -1.55. The molecule has 19 heavy (non-hydrogen) atoms. The maximum Gasteiger partial charge on any atom is 0.317 e. The van der Waals surface area contributed by atoms with Gasteiger partial charge in [0, 0.05) is 13.6 Å². The first kappa shape index (κ1) is 13.9. The van der Waals surface area contributed by atoms with Gasteiger partial charge in [0.2, 0.25) is 0 Å². The monoisotopic (exact) mass is 262 g/mol. The van der Waals surface area contributed by atoms with E-state index in [-0.39, 0.29) is 24.1 Å². The maximum atomic E-state index is 12.0. The van der Waals surface area contributed by atoms with Crippen molar-refractivity contribution in [3.05, 3.63) is 35.4 Å². The van der Waals surface area contributed by atoms with Crippen LogP contribution in [0.25, 0.3) is 0 Å². The van der Waals surface area contributed by atoms with E-state index in [4.69, 9.17) is 5.11 Å². The highest BCUT2D eigenvalue weighted by atomic mass is 16.3. The number of carbonyl (C=O) groups excluding carboxylic acids is 1. The molecule has 1 aliphatic carbocycles. The molecule has 1 aromatic carbocycles. The molecule has 4 heteroatoms. The molecule has 1 unspecified atom stereocenters. The smallest absolute Gasteiger partial charge is 0.317 e. The zero-order valence-electron chi connectivity index (χ0n) is 11.8. The van der Waals surface area contributed by atoms with Crippen LogP contribution in [0.1, 0.15) is 37.4 Å². The van der Waals surface area contributed by atoms with Crippen LogP contribution >= 0.6 is 0 Å². The minimum absolute atomic E-state index is 0.0172. The van der Waals surface area contributed by atoms with Crippen LogP contribution in [0, 0.1) is 0 Å². The van der Waals surface area contributed by atoms with Gasteiger partial charge in [-0.25, -0.2) is 4.79 Å². The summed E-state index contributed by atoms with van der Waals surface area (Å²) in [5.74, 6) is 0. The van der Waals surface area contributed by atoms with Crippen molar-refractivity contribution in [2.45, 2.75) is 31.7 Å². The summed E-state index contributed by atoms with van der Waals surface area (Å²) in [6.45, 7) is 4.74. The number of benzene rings is 1. The van der Waals surface area contributed by atoms with Gasteiger partial charge in [0.1, 0.15) is 0 Å². The first-order valence-corrected chi connectivity index (χ1v) is 6.67. The van der Waals surface area contributed by atoms with Crippen LogP contribution in [0.3, 0.4) is 0 Å². The van der Waals surface area contributed by atoms with Gasteiger partial charge < -0.3 is 15.3 Å². The highest BCUT2D eigenvalue weighted by molar-refractivity contribution is 5.74. The zero-order chi connectivity index (χ0) is 14.0. The largest absolute Gasteiger partial charge is 0.395 e. The van der Waals surface area contributed by atoms with E-state index in [9.17, 15) is 4.79 Å². The molecular weight excluding hydrogens is 240 g/mol. The molecule has 0 aliphatic heterocycles. The first-order valence-electron chi connectivity index (χ1n) is 6.67. The minimum Gasteiger partial charge on any atom is -0.395 e. The molecule has 104 valence electrons. The third-order valence-electron chi connectivity index (χ3n) is 3.86. The van der Waals surface area contributed by atoms with Gasteiger partial charge in [0.15, 0.2) is 0 Å². The third-order valence-corrected chi connectivity index (χ3v) is 3.86. The molecule has 2 N–H and O–H groups in total. The Morgan fingerprint density at radius 1 is 1.47 bits per heavy atom. The van der Waals surface area contributed by atoms with Crippen molar-refractivity contribution in [3.8, 4) is 0 Å². The Morgan fingerprint density at radius 2 is 2.16 bits per heavy atom.